The molecule has 1 N–H and O–H groups in total. The van der Waals surface area contributed by atoms with E-state index in [0.717, 1.165) is 11.3 Å². The van der Waals surface area contributed by atoms with Crippen molar-refractivity contribution >= 4 is 22.4 Å². The molecule has 0 saturated carbocycles. The number of anilines is 1. The highest BCUT2D eigenvalue weighted by Crippen LogP contribution is 2.34. The fraction of sp³-hybridized carbons (Fsp3) is 0.174. The van der Waals surface area contributed by atoms with Gasteiger partial charge < -0.3 is 14.0 Å². The average molecular weight is 436 g/mol. The fourth-order valence-corrected chi connectivity index (χ4v) is 3.76. The number of thiazole rings is 1. The maximum absolute atomic E-state index is 12.7. The molecule has 0 unspecified atom stereocenters. The van der Waals surface area contributed by atoms with E-state index < -0.39 is 5.91 Å². The Balaban J connectivity index is 1.53. The molecule has 8 heteroatoms. The van der Waals surface area contributed by atoms with Gasteiger partial charge in [0.2, 0.25) is 0 Å². The third-order valence-electron chi connectivity index (χ3n) is 4.94. The van der Waals surface area contributed by atoms with Gasteiger partial charge in [-0.1, -0.05) is 17.3 Å². The zero-order valence-corrected chi connectivity index (χ0v) is 18.4. The molecule has 0 aliphatic carbocycles. The molecule has 4 rings (SSSR count). The van der Waals surface area contributed by atoms with Gasteiger partial charge in [0.25, 0.3) is 5.91 Å². The molecule has 158 valence electrons. The number of methoxy groups -OCH3 is 2. The number of aryl methyl sites for hydroxylation is 2. The summed E-state index contributed by atoms with van der Waals surface area (Å²) >= 11 is 1.35. The lowest BCUT2D eigenvalue weighted by Crippen LogP contribution is -2.11. The molecule has 0 bridgehead atoms. The van der Waals surface area contributed by atoms with Crippen LogP contribution in [-0.4, -0.2) is 30.3 Å². The maximum atomic E-state index is 12.7. The Labute approximate surface area is 183 Å². The Hall–Kier alpha value is -3.65. The second-order valence-corrected chi connectivity index (χ2v) is 7.79. The fourth-order valence-electron chi connectivity index (χ4n) is 3.04. The molecule has 31 heavy (non-hydrogen) atoms. The van der Waals surface area contributed by atoms with Gasteiger partial charge in [0, 0.05) is 17.0 Å². The standard InChI is InChI=1S/C23H21N3O4S/c1-13-5-6-15(9-14(13)2)19-12-31-23(24-19)25-22(27)18-11-21(30-26-18)17-10-16(28-3)7-8-20(17)29-4/h5-12H,1-4H3,(H,24,25,27). The van der Waals surface area contributed by atoms with E-state index in [1.807, 2.05) is 11.4 Å². The Morgan fingerprint density at radius 3 is 2.61 bits per heavy atom. The number of benzene rings is 2. The Bertz CT molecular complexity index is 1250. The van der Waals surface area contributed by atoms with Gasteiger partial charge >= 0.3 is 0 Å². The Kier molecular flexibility index (Phi) is 5.73. The molecule has 1 amide bonds. The number of amides is 1. The van der Waals surface area contributed by atoms with Crippen molar-refractivity contribution in [1.29, 1.82) is 0 Å². The molecule has 0 aliphatic heterocycles. The van der Waals surface area contributed by atoms with Crippen LogP contribution in [-0.2, 0) is 0 Å². The third-order valence-corrected chi connectivity index (χ3v) is 5.70. The summed E-state index contributed by atoms with van der Waals surface area (Å²) in [5, 5.41) is 9.08. The van der Waals surface area contributed by atoms with Crippen LogP contribution in [0, 0.1) is 13.8 Å². The predicted molar refractivity (Wildman–Crippen MR) is 120 cm³/mol. The van der Waals surface area contributed by atoms with Crippen molar-refractivity contribution in [3.63, 3.8) is 0 Å². The van der Waals surface area contributed by atoms with Crippen LogP contribution in [0.1, 0.15) is 21.6 Å². The number of nitrogens with one attached hydrogen (secondary N) is 1. The number of hydrogen-bond donors (Lipinski definition) is 1. The lowest BCUT2D eigenvalue weighted by Gasteiger charge is -2.07. The van der Waals surface area contributed by atoms with Crippen molar-refractivity contribution in [2.75, 3.05) is 19.5 Å². The highest BCUT2D eigenvalue weighted by Gasteiger charge is 2.18. The number of aromatic nitrogens is 2. The smallest absolute Gasteiger partial charge is 0.279 e. The van der Waals surface area contributed by atoms with Crippen molar-refractivity contribution in [3.8, 4) is 34.1 Å². The van der Waals surface area contributed by atoms with Crippen LogP contribution in [0.25, 0.3) is 22.6 Å². The Morgan fingerprint density at radius 2 is 1.87 bits per heavy atom. The lowest BCUT2D eigenvalue weighted by molar-refractivity contribution is 0.101. The number of carbonyl (C=O) groups is 1. The summed E-state index contributed by atoms with van der Waals surface area (Å²) < 4.78 is 16.0. The topological polar surface area (TPSA) is 86.5 Å². The van der Waals surface area contributed by atoms with Crippen molar-refractivity contribution < 1.29 is 18.8 Å². The number of ether oxygens (including phenoxy) is 2. The zero-order valence-electron chi connectivity index (χ0n) is 17.6. The van der Waals surface area contributed by atoms with Gasteiger partial charge in [0.15, 0.2) is 16.6 Å². The average Bonchev–Trinajstić information content (AvgIpc) is 3.45. The van der Waals surface area contributed by atoms with Gasteiger partial charge in [-0.05, 0) is 49.2 Å². The van der Waals surface area contributed by atoms with Crippen LogP contribution < -0.4 is 14.8 Å². The Morgan fingerprint density at radius 1 is 1.03 bits per heavy atom. The highest BCUT2D eigenvalue weighted by atomic mass is 32.1. The summed E-state index contributed by atoms with van der Waals surface area (Å²) in [6.07, 6.45) is 0. The summed E-state index contributed by atoms with van der Waals surface area (Å²) in [7, 11) is 3.13. The summed E-state index contributed by atoms with van der Waals surface area (Å²) in [5.74, 6) is 1.22. The summed E-state index contributed by atoms with van der Waals surface area (Å²) in [4.78, 5) is 17.2. The molecular weight excluding hydrogens is 414 g/mol. The van der Waals surface area contributed by atoms with Crippen LogP contribution in [0.3, 0.4) is 0 Å². The SMILES string of the molecule is COc1ccc(OC)c(-c2cc(C(=O)Nc3nc(-c4ccc(C)c(C)c4)cs3)no2)c1. The van der Waals surface area contributed by atoms with Gasteiger partial charge in [0.05, 0.1) is 25.5 Å². The van der Waals surface area contributed by atoms with Gasteiger partial charge in [-0.2, -0.15) is 0 Å². The van der Waals surface area contributed by atoms with E-state index in [0.29, 0.717) is 28.0 Å². The number of hydrogen-bond acceptors (Lipinski definition) is 7. The summed E-state index contributed by atoms with van der Waals surface area (Å²) in [6.45, 7) is 4.13. The van der Waals surface area contributed by atoms with E-state index in [4.69, 9.17) is 14.0 Å². The molecular formula is C23H21N3O4S. The molecule has 7 nitrogen and oxygen atoms in total. The molecule has 2 aromatic carbocycles. The zero-order chi connectivity index (χ0) is 22.0. The van der Waals surface area contributed by atoms with E-state index in [-0.39, 0.29) is 5.69 Å². The van der Waals surface area contributed by atoms with Crippen LogP contribution in [0.4, 0.5) is 5.13 Å². The van der Waals surface area contributed by atoms with Crippen LogP contribution in [0.5, 0.6) is 11.5 Å². The molecule has 0 spiro atoms. The van der Waals surface area contributed by atoms with Crippen molar-refractivity contribution in [2.45, 2.75) is 13.8 Å². The summed E-state index contributed by atoms with van der Waals surface area (Å²) in [6, 6.07) is 13.0. The second kappa shape index (κ2) is 8.61. The first-order chi connectivity index (χ1) is 15.0. The quantitative estimate of drug-likeness (QED) is 0.439. The first kappa shape index (κ1) is 20.6. The normalized spacial score (nSPS) is 10.7. The minimum atomic E-state index is -0.405. The molecule has 2 aromatic heterocycles. The van der Waals surface area contributed by atoms with E-state index in [9.17, 15) is 4.79 Å². The summed E-state index contributed by atoms with van der Waals surface area (Å²) in [5.41, 5.74) is 5.02. The minimum Gasteiger partial charge on any atom is -0.497 e. The van der Waals surface area contributed by atoms with E-state index in [1.54, 1.807) is 38.5 Å². The highest BCUT2D eigenvalue weighted by molar-refractivity contribution is 7.14. The van der Waals surface area contributed by atoms with Crippen molar-refractivity contribution in [3.05, 3.63) is 64.7 Å². The number of carbonyl (C=O) groups excluding carboxylic acids is 1. The van der Waals surface area contributed by atoms with Crippen molar-refractivity contribution in [2.24, 2.45) is 0 Å². The van der Waals surface area contributed by atoms with Gasteiger partial charge in [-0.3, -0.25) is 10.1 Å². The van der Waals surface area contributed by atoms with E-state index in [1.165, 1.54) is 22.5 Å². The monoisotopic (exact) mass is 435 g/mol. The number of nitrogens with zero attached hydrogens (tertiary/aromatic N) is 2. The first-order valence-electron chi connectivity index (χ1n) is 9.52. The van der Waals surface area contributed by atoms with Crippen LogP contribution in [0.15, 0.2) is 52.4 Å². The molecule has 0 saturated heterocycles. The van der Waals surface area contributed by atoms with Crippen LogP contribution >= 0.6 is 11.3 Å². The number of rotatable bonds is 6. The molecule has 2 heterocycles. The first-order valence-corrected chi connectivity index (χ1v) is 10.4. The molecule has 0 aliphatic rings. The predicted octanol–water partition coefficient (Wildman–Crippen LogP) is 5.35. The van der Waals surface area contributed by atoms with E-state index in [2.05, 4.69) is 41.4 Å². The molecule has 0 atom stereocenters. The second-order valence-electron chi connectivity index (χ2n) is 6.93. The van der Waals surface area contributed by atoms with E-state index >= 15 is 0 Å². The third kappa shape index (κ3) is 4.29. The van der Waals surface area contributed by atoms with Crippen molar-refractivity contribution in [1.82, 2.24) is 10.1 Å². The molecule has 4 aromatic rings. The van der Waals surface area contributed by atoms with Gasteiger partial charge in [-0.25, -0.2) is 4.98 Å². The van der Waals surface area contributed by atoms with Crippen LogP contribution in [0.2, 0.25) is 0 Å². The largest absolute Gasteiger partial charge is 0.497 e. The minimum absolute atomic E-state index is 0.141. The molecule has 0 fully saturated rings. The lowest BCUT2D eigenvalue weighted by atomic mass is 10.1. The van der Waals surface area contributed by atoms with Gasteiger partial charge in [0.1, 0.15) is 11.5 Å². The molecule has 0 radical (unpaired) electrons. The van der Waals surface area contributed by atoms with Gasteiger partial charge in [-0.15, -0.1) is 11.3 Å². The maximum Gasteiger partial charge on any atom is 0.279 e.